The molecule has 5 rings (SSSR count). The maximum atomic E-state index is 13.0. The molecular weight excluding hydrogens is 542 g/mol. The minimum atomic E-state index is -0.395. The number of ether oxygens (including phenoxy) is 2. The van der Waals surface area contributed by atoms with E-state index in [1.165, 1.54) is 6.20 Å². The first-order chi connectivity index (χ1) is 18.0. The smallest absolute Gasteiger partial charge is 0.291 e. The fourth-order valence-corrected chi connectivity index (χ4v) is 4.28. The van der Waals surface area contributed by atoms with E-state index in [-0.39, 0.29) is 11.7 Å². The van der Waals surface area contributed by atoms with Crippen LogP contribution in [0, 0.1) is 0 Å². The summed E-state index contributed by atoms with van der Waals surface area (Å²) in [7, 11) is 1.61. The van der Waals surface area contributed by atoms with Gasteiger partial charge in [-0.1, -0.05) is 6.07 Å². The van der Waals surface area contributed by atoms with E-state index in [1.54, 1.807) is 48.3 Å². The van der Waals surface area contributed by atoms with Crippen LogP contribution < -0.4 is 20.3 Å². The van der Waals surface area contributed by atoms with Gasteiger partial charge < -0.3 is 29.4 Å². The van der Waals surface area contributed by atoms with Crippen LogP contribution in [-0.4, -0.2) is 55.0 Å². The lowest BCUT2D eigenvalue weighted by Crippen LogP contribution is -2.36. The summed E-state index contributed by atoms with van der Waals surface area (Å²) in [6.45, 7) is 2.91. The van der Waals surface area contributed by atoms with E-state index in [0.29, 0.717) is 46.3 Å². The van der Waals surface area contributed by atoms with Gasteiger partial charge in [-0.25, -0.2) is 4.68 Å². The lowest BCUT2D eigenvalue weighted by Gasteiger charge is -2.30. The number of carbonyl (C=O) groups excluding carboxylic acids is 2. The summed E-state index contributed by atoms with van der Waals surface area (Å²) >= 11 is 3.18. The van der Waals surface area contributed by atoms with Crippen molar-refractivity contribution in [1.82, 2.24) is 9.78 Å². The first-order valence-electron chi connectivity index (χ1n) is 11.5. The molecule has 190 valence electrons. The average molecular weight is 566 g/mol. The Kier molecular flexibility index (Phi) is 7.24. The molecule has 3 heterocycles. The highest BCUT2D eigenvalue weighted by Gasteiger charge is 2.17. The van der Waals surface area contributed by atoms with Crippen LogP contribution in [0.25, 0.3) is 5.69 Å². The standard InChI is InChI=1S/C26H24BrN5O5/c1-35-23-14-18(5-6-21(23)31-9-11-36-12-10-31)29-25(33)17-3-2-4-20(13-17)32-16-19(15-28-32)30-26(34)22-7-8-24(27)37-22/h2-8,13-16H,9-12H2,1H3,(H,29,33)(H,30,34). The second-order valence-electron chi connectivity index (χ2n) is 8.22. The van der Waals surface area contributed by atoms with Crippen molar-refractivity contribution in [2.75, 3.05) is 48.9 Å². The molecule has 1 aliphatic heterocycles. The molecule has 1 saturated heterocycles. The molecule has 0 aliphatic carbocycles. The van der Waals surface area contributed by atoms with Crippen molar-refractivity contribution in [2.24, 2.45) is 0 Å². The van der Waals surface area contributed by atoms with Gasteiger partial charge in [0.25, 0.3) is 11.8 Å². The van der Waals surface area contributed by atoms with Crippen LogP contribution in [0.2, 0.25) is 0 Å². The molecule has 0 unspecified atom stereocenters. The first kappa shape index (κ1) is 24.6. The summed E-state index contributed by atoms with van der Waals surface area (Å²) in [5.74, 6) is 0.190. The van der Waals surface area contributed by atoms with Crippen molar-refractivity contribution in [3.63, 3.8) is 0 Å². The molecule has 11 heteroatoms. The zero-order chi connectivity index (χ0) is 25.8. The highest BCUT2D eigenvalue weighted by molar-refractivity contribution is 9.10. The van der Waals surface area contributed by atoms with Gasteiger partial charge in [0.15, 0.2) is 10.4 Å². The lowest BCUT2D eigenvalue weighted by molar-refractivity contribution is 0.0993. The molecule has 0 atom stereocenters. The number of methoxy groups -OCH3 is 1. The van der Waals surface area contributed by atoms with Crippen LogP contribution >= 0.6 is 15.9 Å². The van der Waals surface area contributed by atoms with Crippen LogP contribution in [0.1, 0.15) is 20.9 Å². The van der Waals surface area contributed by atoms with Gasteiger partial charge in [0.1, 0.15) is 5.75 Å². The third kappa shape index (κ3) is 5.68. The SMILES string of the molecule is COc1cc(NC(=O)c2cccc(-n3cc(NC(=O)c4ccc(Br)o4)cn3)c2)ccc1N1CCOCC1. The maximum absolute atomic E-state index is 13.0. The number of hydrogen-bond donors (Lipinski definition) is 2. The molecule has 0 radical (unpaired) electrons. The summed E-state index contributed by atoms with van der Waals surface area (Å²) in [4.78, 5) is 27.5. The molecule has 2 N–H and O–H groups in total. The summed E-state index contributed by atoms with van der Waals surface area (Å²) in [5.41, 5.74) is 3.19. The van der Waals surface area contributed by atoms with Gasteiger partial charge in [-0.15, -0.1) is 0 Å². The number of hydrogen-bond acceptors (Lipinski definition) is 7. The summed E-state index contributed by atoms with van der Waals surface area (Å²) in [6.07, 6.45) is 3.17. The molecule has 1 aliphatic rings. The fraction of sp³-hybridized carbons (Fsp3) is 0.192. The molecule has 0 spiro atoms. The molecule has 4 aromatic rings. The number of anilines is 3. The number of benzene rings is 2. The minimum absolute atomic E-state index is 0.174. The van der Waals surface area contributed by atoms with Gasteiger partial charge in [-0.05, 0) is 58.4 Å². The number of nitrogens with one attached hydrogen (secondary N) is 2. The highest BCUT2D eigenvalue weighted by Crippen LogP contribution is 2.32. The number of nitrogens with zero attached hydrogens (tertiary/aromatic N) is 3. The van der Waals surface area contributed by atoms with E-state index in [2.05, 4.69) is 36.6 Å². The van der Waals surface area contributed by atoms with E-state index in [1.807, 2.05) is 24.3 Å². The van der Waals surface area contributed by atoms with Crippen molar-refractivity contribution in [3.05, 3.63) is 83.0 Å². The molecule has 37 heavy (non-hydrogen) atoms. The van der Waals surface area contributed by atoms with Gasteiger partial charge >= 0.3 is 0 Å². The molecule has 0 saturated carbocycles. The fourth-order valence-electron chi connectivity index (χ4n) is 3.97. The quantitative estimate of drug-likeness (QED) is 0.337. The van der Waals surface area contributed by atoms with Gasteiger partial charge in [0, 0.05) is 30.4 Å². The van der Waals surface area contributed by atoms with E-state index in [9.17, 15) is 9.59 Å². The second kappa shape index (κ2) is 10.9. The summed E-state index contributed by atoms with van der Waals surface area (Å²) < 4.78 is 18.3. The number of aromatic nitrogens is 2. The van der Waals surface area contributed by atoms with Gasteiger partial charge in [-0.3, -0.25) is 9.59 Å². The number of carbonyl (C=O) groups is 2. The topological polar surface area (TPSA) is 111 Å². The molecule has 1 fully saturated rings. The Morgan fingerprint density at radius 3 is 2.57 bits per heavy atom. The highest BCUT2D eigenvalue weighted by atomic mass is 79.9. The average Bonchev–Trinajstić information content (AvgIpc) is 3.58. The Balaban J connectivity index is 1.28. The molecule has 2 amide bonds. The normalized spacial score (nSPS) is 13.3. The van der Waals surface area contributed by atoms with Crippen LogP contribution in [0.3, 0.4) is 0 Å². The van der Waals surface area contributed by atoms with Crippen LogP contribution in [-0.2, 0) is 4.74 Å². The van der Waals surface area contributed by atoms with E-state index in [0.717, 1.165) is 18.8 Å². The van der Waals surface area contributed by atoms with Gasteiger partial charge in [0.2, 0.25) is 0 Å². The largest absolute Gasteiger partial charge is 0.495 e. The van der Waals surface area contributed by atoms with Crippen molar-refractivity contribution in [1.29, 1.82) is 0 Å². The van der Waals surface area contributed by atoms with E-state index < -0.39 is 5.91 Å². The monoisotopic (exact) mass is 565 g/mol. The predicted molar refractivity (Wildman–Crippen MR) is 142 cm³/mol. The van der Waals surface area contributed by atoms with E-state index >= 15 is 0 Å². The Hall–Kier alpha value is -4.09. The van der Waals surface area contributed by atoms with Crippen LogP contribution in [0.15, 0.2) is 76.1 Å². The van der Waals surface area contributed by atoms with Crippen molar-refractivity contribution in [3.8, 4) is 11.4 Å². The van der Waals surface area contributed by atoms with Crippen molar-refractivity contribution < 1.29 is 23.5 Å². The first-order valence-corrected chi connectivity index (χ1v) is 12.3. The van der Waals surface area contributed by atoms with E-state index in [4.69, 9.17) is 13.9 Å². The Morgan fingerprint density at radius 2 is 1.81 bits per heavy atom. The Morgan fingerprint density at radius 1 is 1.00 bits per heavy atom. The van der Waals surface area contributed by atoms with Crippen LogP contribution in [0.4, 0.5) is 17.1 Å². The maximum Gasteiger partial charge on any atom is 0.291 e. The molecule has 10 nitrogen and oxygen atoms in total. The minimum Gasteiger partial charge on any atom is -0.495 e. The zero-order valence-corrected chi connectivity index (χ0v) is 21.5. The van der Waals surface area contributed by atoms with Crippen molar-refractivity contribution in [2.45, 2.75) is 0 Å². The number of amides is 2. The molecule has 2 aromatic heterocycles. The third-order valence-corrected chi connectivity index (χ3v) is 6.23. The van der Waals surface area contributed by atoms with Crippen LogP contribution in [0.5, 0.6) is 5.75 Å². The molecule has 0 bridgehead atoms. The van der Waals surface area contributed by atoms with Crippen molar-refractivity contribution >= 4 is 44.8 Å². The second-order valence-corrected chi connectivity index (χ2v) is 9.00. The number of rotatable bonds is 7. The Labute approximate surface area is 221 Å². The third-order valence-electron chi connectivity index (χ3n) is 5.80. The van der Waals surface area contributed by atoms with Gasteiger partial charge in [-0.2, -0.15) is 5.10 Å². The number of morpholine rings is 1. The predicted octanol–water partition coefficient (Wildman–Crippen LogP) is 4.58. The summed E-state index contributed by atoms with van der Waals surface area (Å²) in [5, 5.41) is 9.96. The molecule has 2 aromatic carbocycles. The summed E-state index contributed by atoms with van der Waals surface area (Å²) in [6, 6.07) is 15.8. The number of furan rings is 1. The Bertz CT molecular complexity index is 1430. The molecular formula is C26H24BrN5O5. The van der Waals surface area contributed by atoms with Gasteiger partial charge in [0.05, 0.1) is 49.8 Å². The zero-order valence-electron chi connectivity index (χ0n) is 19.9. The lowest BCUT2D eigenvalue weighted by atomic mass is 10.1. The number of halogens is 1.